The minimum absolute atomic E-state index is 0. The number of aromatic nitrogens is 6. The molecule has 0 aliphatic rings. The lowest BCUT2D eigenvalue weighted by molar-refractivity contribution is 0.102. The molecular formula is C49H36F4N8O6. The molecule has 0 unspecified atom stereocenters. The molecule has 67 heavy (non-hydrogen) atoms. The smallest absolute Gasteiger partial charge is 0.412 e. The number of benzene rings is 3. The predicted octanol–water partition coefficient (Wildman–Crippen LogP) is 10.8. The van der Waals surface area contributed by atoms with E-state index in [2.05, 4.69) is 45.3 Å². The molecule has 0 aliphatic heterocycles. The summed E-state index contributed by atoms with van der Waals surface area (Å²) in [5.41, 5.74) is 2.13. The van der Waals surface area contributed by atoms with Gasteiger partial charge in [-0.3, -0.25) is 30.2 Å². The monoisotopic (exact) mass is 908 g/mol. The van der Waals surface area contributed by atoms with Gasteiger partial charge < -0.3 is 19.4 Å². The number of carbonyl (C=O) groups is 4. The van der Waals surface area contributed by atoms with Gasteiger partial charge in [0, 0.05) is 93.7 Å². The van der Waals surface area contributed by atoms with Crippen molar-refractivity contribution in [2.75, 3.05) is 17.7 Å². The van der Waals surface area contributed by atoms with Gasteiger partial charge in [-0.25, -0.2) is 37.1 Å². The summed E-state index contributed by atoms with van der Waals surface area (Å²) in [6.45, 7) is -0.0388. The molecule has 2 amide bonds. The summed E-state index contributed by atoms with van der Waals surface area (Å²) >= 11 is 0. The van der Waals surface area contributed by atoms with Crippen LogP contribution in [0, 0.1) is 23.3 Å². The van der Waals surface area contributed by atoms with Crippen molar-refractivity contribution >= 4 is 57.2 Å². The highest BCUT2D eigenvalue weighted by molar-refractivity contribution is 6.18. The highest BCUT2D eigenvalue weighted by Gasteiger charge is 2.27. The number of ether oxygens (including phenoxy) is 2. The van der Waals surface area contributed by atoms with Gasteiger partial charge in [0.25, 0.3) is 0 Å². The highest BCUT2D eigenvalue weighted by Crippen LogP contribution is 2.31. The first-order valence-corrected chi connectivity index (χ1v) is 19.6. The number of hydrogen-bond acceptors (Lipinski definition) is 10. The number of methoxy groups -OCH3 is 1. The molecule has 0 aliphatic carbocycles. The Hall–Kier alpha value is -9.06. The predicted molar refractivity (Wildman–Crippen MR) is 241 cm³/mol. The van der Waals surface area contributed by atoms with Crippen LogP contribution >= 0.6 is 0 Å². The highest BCUT2D eigenvalue weighted by atomic mass is 19.1. The third-order valence-corrected chi connectivity index (χ3v) is 10.0. The van der Waals surface area contributed by atoms with Crippen LogP contribution in [0.4, 0.5) is 38.5 Å². The number of amides is 2. The third kappa shape index (κ3) is 9.87. The second-order valence-electron chi connectivity index (χ2n) is 14.2. The third-order valence-electron chi connectivity index (χ3n) is 10.0. The van der Waals surface area contributed by atoms with Gasteiger partial charge in [0.05, 0.1) is 29.6 Å². The van der Waals surface area contributed by atoms with E-state index in [1.54, 1.807) is 85.7 Å². The molecule has 14 nitrogen and oxygen atoms in total. The Morgan fingerprint density at radius 3 is 1.51 bits per heavy atom. The van der Waals surface area contributed by atoms with Crippen molar-refractivity contribution in [2.24, 2.45) is 0 Å². The van der Waals surface area contributed by atoms with Gasteiger partial charge in [-0.15, -0.1) is 0 Å². The number of carbonyl (C=O) groups excluding carboxylic acids is 4. The molecule has 6 aromatic heterocycles. The fraction of sp³-hybridized carbons (Fsp3) is 0.0612. The normalized spacial score (nSPS) is 10.6. The van der Waals surface area contributed by atoms with Gasteiger partial charge in [-0.05, 0) is 54.1 Å². The van der Waals surface area contributed by atoms with E-state index < -0.39 is 58.1 Å². The molecule has 0 saturated heterocycles. The Balaban J connectivity index is 0.000000199. The quantitative estimate of drug-likeness (QED) is 0.0758. The second kappa shape index (κ2) is 20.2. The molecule has 0 radical (unpaired) electrons. The zero-order valence-corrected chi connectivity index (χ0v) is 34.2. The van der Waals surface area contributed by atoms with E-state index in [-0.39, 0.29) is 36.5 Å². The first kappa shape index (κ1) is 45.9. The summed E-state index contributed by atoms with van der Waals surface area (Å²) in [4.78, 5) is 72.3. The van der Waals surface area contributed by atoms with Crippen LogP contribution in [0.25, 0.3) is 44.3 Å². The van der Waals surface area contributed by atoms with E-state index in [0.717, 1.165) is 48.1 Å². The van der Waals surface area contributed by atoms with Crippen LogP contribution in [-0.4, -0.2) is 60.8 Å². The largest absolute Gasteiger partial charge is 0.453 e. The molecule has 336 valence electrons. The van der Waals surface area contributed by atoms with Crippen LogP contribution in [0.2, 0.25) is 0 Å². The van der Waals surface area contributed by atoms with Crippen LogP contribution in [0.5, 0.6) is 0 Å². The molecule has 0 bridgehead atoms. The molecule has 9 aromatic rings. The fourth-order valence-electron chi connectivity index (χ4n) is 6.78. The topological polar surface area (TPSA) is 194 Å². The average Bonchev–Trinajstić information content (AvgIpc) is 3.98. The molecule has 9 rings (SSSR count). The molecule has 4 N–H and O–H groups in total. The van der Waals surface area contributed by atoms with Crippen molar-refractivity contribution in [2.45, 2.75) is 14.0 Å². The van der Waals surface area contributed by atoms with Gasteiger partial charge in [0.1, 0.15) is 29.5 Å². The van der Waals surface area contributed by atoms with Crippen LogP contribution < -0.4 is 10.6 Å². The van der Waals surface area contributed by atoms with Crippen LogP contribution in [0.1, 0.15) is 44.8 Å². The number of rotatable bonds is 10. The molecule has 0 saturated carbocycles. The number of nitrogens with zero attached hydrogens (tertiary/aromatic N) is 4. The van der Waals surface area contributed by atoms with Crippen LogP contribution in [0.3, 0.4) is 0 Å². The SMILES string of the molecule is C.COC(=O)Nc1ccc(F)c(C(=O)c2c[nH]c3ncc(-c4cccnc4)cc23)c1F.O=C(Nc1ccc(F)c(C(=O)c2c[nH]c3ncc(-c4cccnc4)cc23)c1F)OCc1ccccc1. The van der Waals surface area contributed by atoms with E-state index >= 15 is 4.39 Å². The Kier molecular flexibility index (Phi) is 13.8. The Morgan fingerprint density at radius 2 is 1.06 bits per heavy atom. The zero-order chi connectivity index (χ0) is 46.3. The summed E-state index contributed by atoms with van der Waals surface area (Å²) in [5.74, 6) is -6.32. The van der Waals surface area contributed by atoms with Crippen LogP contribution in [0.15, 0.2) is 141 Å². The van der Waals surface area contributed by atoms with Crippen molar-refractivity contribution in [3.63, 3.8) is 0 Å². The summed E-state index contributed by atoms with van der Waals surface area (Å²) in [6.07, 6.45) is 10.5. The summed E-state index contributed by atoms with van der Waals surface area (Å²) in [7, 11) is 1.10. The Bertz CT molecular complexity index is 3280. The maximum atomic E-state index is 15.3. The lowest BCUT2D eigenvalue weighted by atomic mass is 10.00. The van der Waals surface area contributed by atoms with Crippen molar-refractivity contribution in [1.82, 2.24) is 29.9 Å². The molecule has 3 aromatic carbocycles. The van der Waals surface area contributed by atoms with E-state index in [0.29, 0.717) is 33.2 Å². The molecule has 0 fully saturated rings. The number of fused-ring (bicyclic) bond motifs is 2. The number of ketones is 2. The number of H-pyrrole nitrogens is 2. The average molecular weight is 909 g/mol. The van der Waals surface area contributed by atoms with E-state index in [1.165, 1.54) is 12.4 Å². The molecule has 18 heteroatoms. The lowest BCUT2D eigenvalue weighted by Crippen LogP contribution is -2.17. The molecular weight excluding hydrogens is 873 g/mol. The van der Waals surface area contributed by atoms with Crippen molar-refractivity contribution in [3.8, 4) is 22.3 Å². The summed E-state index contributed by atoms with van der Waals surface area (Å²) < 4.78 is 68.7. The first-order chi connectivity index (χ1) is 32.0. The fourth-order valence-corrected chi connectivity index (χ4v) is 6.78. The Labute approximate surface area is 378 Å². The summed E-state index contributed by atoms with van der Waals surface area (Å²) in [6, 6.07) is 23.3. The standard InChI is InChI=1S/C27H18F2N4O3.C21H14F2N4O3.CH4/c28-21-8-9-22(33-27(35)36-15-16-5-2-1-3-6-16)24(29)23(21)25(34)20-14-32-26-19(20)11-18(13-31-26)17-7-4-10-30-12-17;1-30-21(29)27-16-5-4-15(22)17(18(16)23)19(28)14-10-26-20-13(14)7-12(9-25-20)11-3-2-6-24-8-11;/h1-14H,15H2,(H,31,32)(H,33,35);2-10H,1H3,(H,25,26)(H,27,29);1H4. The maximum Gasteiger partial charge on any atom is 0.412 e. The molecule has 0 atom stereocenters. The lowest BCUT2D eigenvalue weighted by Gasteiger charge is -2.11. The Morgan fingerprint density at radius 1 is 0.582 bits per heavy atom. The minimum atomic E-state index is -1.21. The maximum absolute atomic E-state index is 15.3. The van der Waals surface area contributed by atoms with E-state index in [4.69, 9.17) is 4.74 Å². The number of pyridine rings is 4. The zero-order valence-electron chi connectivity index (χ0n) is 34.2. The van der Waals surface area contributed by atoms with E-state index in [9.17, 15) is 32.3 Å². The van der Waals surface area contributed by atoms with Crippen molar-refractivity contribution in [3.05, 3.63) is 192 Å². The number of nitrogens with one attached hydrogen (secondary N) is 4. The van der Waals surface area contributed by atoms with E-state index in [1.807, 2.05) is 18.2 Å². The van der Waals surface area contributed by atoms with Crippen molar-refractivity contribution in [1.29, 1.82) is 0 Å². The van der Waals surface area contributed by atoms with Crippen LogP contribution in [-0.2, 0) is 16.1 Å². The number of halogens is 4. The number of aromatic amines is 2. The van der Waals surface area contributed by atoms with Gasteiger partial charge >= 0.3 is 12.2 Å². The second-order valence-corrected chi connectivity index (χ2v) is 14.2. The molecule has 6 heterocycles. The minimum Gasteiger partial charge on any atom is -0.453 e. The first-order valence-electron chi connectivity index (χ1n) is 19.6. The molecule has 0 spiro atoms. The van der Waals surface area contributed by atoms with Gasteiger partial charge in [0.2, 0.25) is 11.6 Å². The van der Waals surface area contributed by atoms with Gasteiger partial charge in [0.15, 0.2) is 11.6 Å². The van der Waals surface area contributed by atoms with Gasteiger partial charge in [-0.2, -0.15) is 0 Å². The van der Waals surface area contributed by atoms with Crippen molar-refractivity contribution < 1.29 is 46.2 Å². The summed E-state index contributed by atoms with van der Waals surface area (Å²) in [5, 5.41) is 5.13. The van der Waals surface area contributed by atoms with Gasteiger partial charge in [-0.1, -0.05) is 49.9 Å². The number of hydrogen-bond donors (Lipinski definition) is 4. The number of anilines is 2.